The van der Waals surface area contributed by atoms with Crippen LogP contribution in [0, 0.1) is 19.8 Å². The molecule has 1 atom stereocenters. The van der Waals surface area contributed by atoms with Gasteiger partial charge in [-0.2, -0.15) is 0 Å². The molecule has 0 heterocycles. The molecule has 1 aliphatic rings. The van der Waals surface area contributed by atoms with E-state index in [0.717, 1.165) is 29.5 Å². The third kappa shape index (κ3) is 3.63. The molecule has 5 nitrogen and oxygen atoms in total. The summed E-state index contributed by atoms with van der Waals surface area (Å²) >= 11 is 0. The molecule has 2 aromatic carbocycles. The van der Waals surface area contributed by atoms with Crippen molar-refractivity contribution >= 4 is 10.0 Å². The van der Waals surface area contributed by atoms with E-state index in [1.54, 1.807) is 19.2 Å². The van der Waals surface area contributed by atoms with Crippen LogP contribution in [0.15, 0.2) is 47.4 Å². The number of hydrogen-bond donors (Lipinski definition) is 2. The number of sulfonamides is 1. The quantitative estimate of drug-likeness (QED) is 0.780. The van der Waals surface area contributed by atoms with Gasteiger partial charge in [0, 0.05) is 6.54 Å². The molecule has 0 spiro atoms. The van der Waals surface area contributed by atoms with E-state index in [-0.39, 0.29) is 17.4 Å². The molecule has 26 heavy (non-hydrogen) atoms. The molecule has 0 saturated heterocycles. The van der Waals surface area contributed by atoms with Gasteiger partial charge in [0.05, 0.1) is 12.0 Å². The number of rotatable bonds is 7. The van der Waals surface area contributed by atoms with Gasteiger partial charge in [0.25, 0.3) is 0 Å². The predicted molar refractivity (Wildman–Crippen MR) is 101 cm³/mol. The number of aryl methyl sites for hydroxylation is 2. The van der Waals surface area contributed by atoms with Crippen molar-refractivity contribution < 1.29 is 18.3 Å². The average Bonchev–Trinajstić information content (AvgIpc) is 3.46. The predicted octanol–water partition coefficient (Wildman–Crippen LogP) is 2.89. The maximum Gasteiger partial charge on any atom is 0.240 e. The summed E-state index contributed by atoms with van der Waals surface area (Å²) in [4.78, 5) is 0.180. The number of ether oxygens (including phenoxy) is 1. The maximum atomic E-state index is 12.8. The molecule has 140 valence electrons. The van der Waals surface area contributed by atoms with Gasteiger partial charge in [-0.15, -0.1) is 0 Å². The molecule has 2 aromatic rings. The van der Waals surface area contributed by atoms with E-state index in [4.69, 9.17) is 4.74 Å². The van der Waals surface area contributed by atoms with Crippen LogP contribution in [-0.2, 0) is 15.6 Å². The summed E-state index contributed by atoms with van der Waals surface area (Å²) in [5.41, 5.74) is 1.07. The number of benzene rings is 2. The van der Waals surface area contributed by atoms with E-state index < -0.39 is 15.6 Å². The Bertz CT molecular complexity index is 868. The van der Waals surface area contributed by atoms with Crippen molar-refractivity contribution in [3.8, 4) is 5.75 Å². The Kier molecular flexibility index (Phi) is 5.10. The topological polar surface area (TPSA) is 75.6 Å². The summed E-state index contributed by atoms with van der Waals surface area (Å²) in [5, 5.41) is 11.2. The maximum absolute atomic E-state index is 12.8. The van der Waals surface area contributed by atoms with E-state index in [1.165, 1.54) is 0 Å². The molecular formula is C20H25NO4S. The highest BCUT2D eigenvalue weighted by Gasteiger charge is 2.45. The van der Waals surface area contributed by atoms with Crippen molar-refractivity contribution in [3.05, 3.63) is 59.2 Å². The number of hydrogen-bond acceptors (Lipinski definition) is 4. The zero-order chi connectivity index (χ0) is 18.9. The summed E-state index contributed by atoms with van der Waals surface area (Å²) in [7, 11) is -2.18. The SMILES string of the molecule is COc1c(C)cc(S(=O)(=O)NCC(O)(c2ccccc2)C2CC2)cc1C. The zero-order valence-corrected chi connectivity index (χ0v) is 16.1. The second-order valence-electron chi connectivity index (χ2n) is 6.98. The molecule has 0 amide bonds. The van der Waals surface area contributed by atoms with Crippen LogP contribution in [0.3, 0.4) is 0 Å². The molecule has 3 rings (SSSR count). The van der Waals surface area contributed by atoms with Crippen LogP contribution >= 0.6 is 0 Å². The minimum atomic E-state index is -3.74. The lowest BCUT2D eigenvalue weighted by Crippen LogP contribution is -2.42. The fourth-order valence-electron chi connectivity index (χ4n) is 3.45. The first-order valence-electron chi connectivity index (χ1n) is 8.71. The Morgan fingerprint density at radius 1 is 1.15 bits per heavy atom. The molecule has 0 radical (unpaired) electrons. The van der Waals surface area contributed by atoms with Crippen LogP contribution in [0.5, 0.6) is 5.75 Å². The normalized spacial score (nSPS) is 16.9. The third-order valence-corrected chi connectivity index (χ3v) is 6.39. The Morgan fingerprint density at radius 3 is 2.23 bits per heavy atom. The van der Waals surface area contributed by atoms with Crippen LogP contribution in [0.1, 0.15) is 29.5 Å². The lowest BCUT2D eigenvalue weighted by atomic mass is 9.89. The van der Waals surface area contributed by atoms with Gasteiger partial charge in [-0.3, -0.25) is 0 Å². The Labute approximate surface area is 155 Å². The lowest BCUT2D eigenvalue weighted by molar-refractivity contribution is 0.0185. The summed E-state index contributed by atoms with van der Waals surface area (Å²) in [5.74, 6) is 0.759. The number of methoxy groups -OCH3 is 1. The second kappa shape index (κ2) is 7.02. The standard InChI is InChI=1S/C20H25NO4S/c1-14-11-18(12-15(2)19(14)25-3)26(23,24)21-13-20(22,17-9-10-17)16-7-5-4-6-8-16/h4-8,11-12,17,21-22H,9-10,13H2,1-3H3. The molecule has 1 fully saturated rings. The second-order valence-corrected chi connectivity index (χ2v) is 8.75. The molecule has 1 unspecified atom stereocenters. The number of nitrogens with one attached hydrogen (secondary N) is 1. The van der Waals surface area contributed by atoms with Gasteiger partial charge in [0.15, 0.2) is 0 Å². The van der Waals surface area contributed by atoms with Crippen LogP contribution in [0.2, 0.25) is 0 Å². The van der Waals surface area contributed by atoms with E-state index in [0.29, 0.717) is 5.75 Å². The largest absolute Gasteiger partial charge is 0.496 e. The van der Waals surface area contributed by atoms with Gasteiger partial charge in [-0.1, -0.05) is 30.3 Å². The average molecular weight is 375 g/mol. The smallest absolute Gasteiger partial charge is 0.240 e. The molecule has 0 aliphatic heterocycles. The van der Waals surface area contributed by atoms with Crippen LogP contribution in [0.4, 0.5) is 0 Å². The minimum absolute atomic E-state index is 0.0475. The van der Waals surface area contributed by atoms with Crippen molar-refractivity contribution in [3.63, 3.8) is 0 Å². The van der Waals surface area contributed by atoms with E-state index in [1.807, 2.05) is 44.2 Å². The van der Waals surface area contributed by atoms with Gasteiger partial charge in [0.2, 0.25) is 10.0 Å². The molecule has 0 bridgehead atoms. The van der Waals surface area contributed by atoms with Crippen molar-refractivity contribution in [2.75, 3.05) is 13.7 Å². The van der Waals surface area contributed by atoms with Gasteiger partial charge >= 0.3 is 0 Å². The van der Waals surface area contributed by atoms with Crippen LogP contribution in [0.25, 0.3) is 0 Å². The molecule has 2 N–H and O–H groups in total. The zero-order valence-electron chi connectivity index (χ0n) is 15.3. The number of aliphatic hydroxyl groups is 1. The molecular weight excluding hydrogens is 350 g/mol. The fraction of sp³-hybridized carbons (Fsp3) is 0.400. The van der Waals surface area contributed by atoms with Crippen molar-refractivity contribution in [1.29, 1.82) is 0 Å². The Hall–Kier alpha value is -1.89. The summed E-state index contributed by atoms with van der Waals surface area (Å²) in [6.45, 7) is 3.58. The lowest BCUT2D eigenvalue weighted by Gasteiger charge is -2.29. The fourth-order valence-corrected chi connectivity index (χ4v) is 4.69. The van der Waals surface area contributed by atoms with Crippen molar-refractivity contribution in [1.82, 2.24) is 4.72 Å². The first kappa shape index (κ1) is 18.9. The molecule has 1 aliphatic carbocycles. The van der Waals surface area contributed by atoms with E-state index >= 15 is 0 Å². The first-order valence-corrected chi connectivity index (χ1v) is 10.2. The van der Waals surface area contributed by atoms with Gasteiger partial charge < -0.3 is 9.84 Å². The highest BCUT2D eigenvalue weighted by molar-refractivity contribution is 7.89. The van der Waals surface area contributed by atoms with Gasteiger partial charge in [-0.05, 0) is 61.4 Å². The minimum Gasteiger partial charge on any atom is -0.496 e. The van der Waals surface area contributed by atoms with Gasteiger partial charge in [-0.25, -0.2) is 13.1 Å². The summed E-state index contributed by atoms with van der Waals surface area (Å²) in [6.07, 6.45) is 1.79. The first-order chi connectivity index (χ1) is 12.3. The molecule has 6 heteroatoms. The Balaban J connectivity index is 1.86. The molecule has 0 aromatic heterocycles. The van der Waals surface area contributed by atoms with Gasteiger partial charge in [0.1, 0.15) is 11.4 Å². The summed E-state index contributed by atoms with van der Waals surface area (Å²) < 4.78 is 33.5. The van der Waals surface area contributed by atoms with E-state index in [2.05, 4.69) is 4.72 Å². The Morgan fingerprint density at radius 2 is 1.73 bits per heavy atom. The van der Waals surface area contributed by atoms with E-state index in [9.17, 15) is 13.5 Å². The van der Waals surface area contributed by atoms with Crippen LogP contribution in [-0.4, -0.2) is 27.2 Å². The van der Waals surface area contributed by atoms with Crippen LogP contribution < -0.4 is 9.46 Å². The highest BCUT2D eigenvalue weighted by Crippen LogP contribution is 2.45. The monoisotopic (exact) mass is 375 g/mol. The van der Waals surface area contributed by atoms with Crippen molar-refractivity contribution in [2.45, 2.75) is 37.2 Å². The molecule has 1 saturated carbocycles. The highest BCUT2D eigenvalue weighted by atomic mass is 32.2. The van der Waals surface area contributed by atoms with Crippen molar-refractivity contribution in [2.24, 2.45) is 5.92 Å². The third-order valence-electron chi connectivity index (χ3n) is 5.01. The summed E-state index contributed by atoms with van der Waals surface area (Å²) in [6, 6.07) is 12.5.